The van der Waals surface area contributed by atoms with E-state index in [4.69, 9.17) is 9.16 Å². The smallest absolute Gasteiger partial charge is 0.333 e. The number of hydrogen-bond acceptors (Lipinski definition) is 3. The molecule has 0 aliphatic carbocycles. The van der Waals surface area contributed by atoms with Crippen LogP contribution in [-0.4, -0.2) is 28.0 Å². The summed E-state index contributed by atoms with van der Waals surface area (Å²) in [4.78, 5) is 11.8. The summed E-state index contributed by atoms with van der Waals surface area (Å²) >= 11 is 0. The largest absolute Gasteiger partial charge is 0.466 e. The van der Waals surface area contributed by atoms with Crippen LogP contribution in [0.15, 0.2) is 23.8 Å². The number of allylic oxidation sites excluding steroid dienone is 2. The van der Waals surface area contributed by atoms with Gasteiger partial charge in [-0.3, -0.25) is 0 Å². The molecule has 0 aliphatic heterocycles. The van der Waals surface area contributed by atoms with Gasteiger partial charge in [0.05, 0.1) is 7.11 Å². The first kappa shape index (κ1) is 22.1. The van der Waals surface area contributed by atoms with Crippen molar-refractivity contribution in [2.24, 2.45) is 0 Å². The van der Waals surface area contributed by atoms with Crippen molar-refractivity contribution in [2.45, 2.75) is 77.9 Å². The van der Waals surface area contributed by atoms with Crippen molar-refractivity contribution in [1.29, 1.82) is 0 Å². The Hall–Kier alpha value is -0.873. The van der Waals surface area contributed by atoms with Gasteiger partial charge < -0.3 is 9.16 Å². The van der Waals surface area contributed by atoms with Crippen molar-refractivity contribution >= 4 is 14.3 Å². The van der Waals surface area contributed by atoms with Gasteiger partial charge in [0, 0.05) is 12.2 Å². The highest BCUT2D eigenvalue weighted by molar-refractivity contribution is 6.74. The molecule has 0 aliphatic rings. The maximum Gasteiger partial charge on any atom is 0.333 e. The molecule has 0 saturated carbocycles. The third-order valence-electron chi connectivity index (χ3n) is 4.52. The van der Waals surface area contributed by atoms with E-state index in [-0.39, 0.29) is 11.0 Å². The lowest BCUT2D eigenvalue weighted by Crippen LogP contribution is -2.40. The van der Waals surface area contributed by atoms with E-state index in [0.717, 1.165) is 49.9 Å². The molecule has 0 radical (unpaired) electrons. The van der Waals surface area contributed by atoms with Gasteiger partial charge in [0.25, 0.3) is 0 Å². The first-order valence-corrected chi connectivity index (χ1v) is 11.5. The average molecular weight is 341 g/mol. The molecule has 0 bridgehead atoms. The maximum absolute atomic E-state index is 11.8. The van der Waals surface area contributed by atoms with E-state index in [2.05, 4.69) is 40.4 Å². The Kier molecular flexibility index (Phi) is 9.70. The van der Waals surface area contributed by atoms with Crippen LogP contribution in [0.4, 0.5) is 0 Å². The van der Waals surface area contributed by atoms with Crippen LogP contribution in [0.1, 0.15) is 59.8 Å². The number of unbranched alkanes of at least 4 members (excludes halogenated alkanes) is 1. The third-order valence-corrected chi connectivity index (χ3v) is 9.06. The Morgan fingerprint density at radius 3 is 2.26 bits per heavy atom. The second-order valence-corrected chi connectivity index (χ2v) is 12.6. The molecule has 0 amide bonds. The Morgan fingerprint density at radius 1 is 1.17 bits per heavy atom. The molecule has 134 valence electrons. The Bertz CT molecular complexity index is 417. The molecule has 0 fully saturated rings. The SMILES string of the molecule is C=C(C)CC/C=C(/CCCCO[Si](C)(C)C(C)(C)C)C(=O)OC. The molecule has 0 aromatic carbocycles. The predicted molar refractivity (Wildman–Crippen MR) is 101 cm³/mol. The number of carbonyl (C=O) groups excluding carboxylic acids is 1. The highest BCUT2D eigenvalue weighted by atomic mass is 28.4. The summed E-state index contributed by atoms with van der Waals surface area (Å²) in [5.74, 6) is -0.211. The van der Waals surface area contributed by atoms with Crippen LogP contribution in [-0.2, 0) is 14.0 Å². The van der Waals surface area contributed by atoms with Crippen molar-refractivity contribution in [2.75, 3.05) is 13.7 Å². The Balaban J connectivity index is 4.28. The van der Waals surface area contributed by atoms with Crippen molar-refractivity contribution in [3.63, 3.8) is 0 Å². The lowest BCUT2D eigenvalue weighted by molar-refractivity contribution is -0.136. The molecule has 0 N–H and O–H groups in total. The van der Waals surface area contributed by atoms with Crippen LogP contribution in [0.2, 0.25) is 18.1 Å². The van der Waals surface area contributed by atoms with E-state index in [9.17, 15) is 4.79 Å². The van der Waals surface area contributed by atoms with Crippen molar-refractivity contribution < 1.29 is 14.0 Å². The molecule has 3 nitrogen and oxygen atoms in total. The summed E-state index contributed by atoms with van der Waals surface area (Å²) in [6.07, 6.45) is 6.43. The fourth-order valence-electron chi connectivity index (χ4n) is 1.87. The summed E-state index contributed by atoms with van der Waals surface area (Å²) in [6, 6.07) is 0. The monoisotopic (exact) mass is 340 g/mol. The maximum atomic E-state index is 11.8. The van der Waals surface area contributed by atoms with E-state index in [0.29, 0.717) is 0 Å². The van der Waals surface area contributed by atoms with Crippen LogP contribution in [0.3, 0.4) is 0 Å². The molecular formula is C19H36O3Si. The summed E-state index contributed by atoms with van der Waals surface area (Å²) in [5.41, 5.74) is 1.91. The molecule has 0 rings (SSSR count). The van der Waals surface area contributed by atoms with Gasteiger partial charge in [-0.1, -0.05) is 32.4 Å². The Morgan fingerprint density at radius 2 is 1.78 bits per heavy atom. The molecule has 0 spiro atoms. The minimum atomic E-state index is -1.66. The zero-order valence-corrected chi connectivity index (χ0v) is 17.3. The van der Waals surface area contributed by atoms with Gasteiger partial charge in [0.2, 0.25) is 0 Å². The van der Waals surface area contributed by atoms with Gasteiger partial charge in [0.15, 0.2) is 8.32 Å². The number of esters is 1. The van der Waals surface area contributed by atoms with Crippen molar-refractivity contribution in [3.8, 4) is 0 Å². The number of carbonyl (C=O) groups is 1. The minimum absolute atomic E-state index is 0.211. The van der Waals surface area contributed by atoms with Crippen molar-refractivity contribution in [3.05, 3.63) is 23.8 Å². The summed E-state index contributed by atoms with van der Waals surface area (Å²) in [7, 11) is -0.220. The first-order valence-electron chi connectivity index (χ1n) is 8.57. The normalized spacial score (nSPS) is 13.1. The molecule has 0 aromatic heterocycles. The summed E-state index contributed by atoms with van der Waals surface area (Å²) in [5, 5.41) is 0.243. The molecule has 0 aromatic rings. The van der Waals surface area contributed by atoms with E-state index in [1.165, 1.54) is 7.11 Å². The van der Waals surface area contributed by atoms with E-state index in [1.54, 1.807) is 0 Å². The number of rotatable bonds is 10. The van der Waals surface area contributed by atoms with Crippen LogP contribution in [0, 0.1) is 0 Å². The highest BCUT2D eigenvalue weighted by Crippen LogP contribution is 2.36. The highest BCUT2D eigenvalue weighted by Gasteiger charge is 2.36. The van der Waals surface area contributed by atoms with Crippen LogP contribution < -0.4 is 0 Å². The summed E-state index contributed by atoms with van der Waals surface area (Å²) < 4.78 is 11.0. The molecule has 0 saturated heterocycles. The van der Waals surface area contributed by atoms with Gasteiger partial charge >= 0.3 is 5.97 Å². The van der Waals surface area contributed by atoms with Crippen LogP contribution in [0.5, 0.6) is 0 Å². The minimum Gasteiger partial charge on any atom is -0.466 e. The number of hydrogen-bond donors (Lipinski definition) is 0. The second kappa shape index (κ2) is 10.1. The molecule has 0 atom stereocenters. The quantitative estimate of drug-likeness (QED) is 0.170. The fraction of sp³-hybridized carbons (Fsp3) is 0.737. The van der Waals surface area contributed by atoms with E-state index in [1.807, 2.05) is 13.0 Å². The molecule has 0 heterocycles. The van der Waals surface area contributed by atoms with Crippen LogP contribution >= 0.6 is 0 Å². The van der Waals surface area contributed by atoms with Gasteiger partial charge in [-0.25, -0.2) is 4.79 Å². The zero-order chi connectivity index (χ0) is 18.1. The zero-order valence-electron chi connectivity index (χ0n) is 16.3. The van der Waals surface area contributed by atoms with Gasteiger partial charge in [0.1, 0.15) is 0 Å². The number of methoxy groups -OCH3 is 1. The lowest BCUT2D eigenvalue weighted by Gasteiger charge is -2.36. The van der Waals surface area contributed by atoms with Gasteiger partial charge in [-0.05, 0) is 57.2 Å². The van der Waals surface area contributed by atoms with Crippen molar-refractivity contribution in [1.82, 2.24) is 0 Å². The first-order chi connectivity index (χ1) is 10.5. The molecule has 23 heavy (non-hydrogen) atoms. The Labute approximate surface area is 144 Å². The fourth-order valence-corrected chi connectivity index (χ4v) is 2.96. The van der Waals surface area contributed by atoms with Gasteiger partial charge in [-0.2, -0.15) is 0 Å². The molecular weight excluding hydrogens is 304 g/mol. The molecule has 4 heteroatoms. The van der Waals surface area contributed by atoms with Crippen LogP contribution in [0.25, 0.3) is 0 Å². The number of ether oxygens (including phenoxy) is 1. The topological polar surface area (TPSA) is 35.5 Å². The molecule has 0 unspecified atom stereocenters. The average Bonchev–Trinajstić information content (AvgIpc) is 2.42. The van der Waals surface area contributed by atoms with E-state index < -0.39 is 8.32 Å². The predicted octanol–water partition coefficient (Wildman–Crippen LogP) is 5.63. The van der Waals surface area contributed by atoms with Gasteiger partial charge in [-0.15, -0.1) is 6.58 Å². The standard InChI is InChI=1S/C19H36O3Si/c1-16(2)12-11-14-17(18(20)21-6)13-9-10-15-22-23(7,8)19(3,4)5/h14H,1,9-13,15H2,2-8H3/b17-14-. The second-order valence-electron chi connectivity index (χ2n) is 7.78. The lowest BCUT2D eigenvalue weighted by atomic mass is 10.1. The van der Waals surface area contributed by atoms with E-state index >= 15 is 0 Å². The third kappa shape index (κ3) is 9.11. The summed E-state index contributed by atoms with van der Waals surface area (Å²) in [6.45, 7) is 17.9.